The van der Waals surface area contributed by atoms with Crippen molar-refractivity contribution < 1.29 is 9.90 Å². The first-order valence-corrected chi connectivity index (χ1v) is 7.88. The molecule has 0 fully saturated rings. The van der Waals surface area contributed by atoms with E-state index < -0.39 is 11.5 Å². The van der Waals surface area contributed by atoms with Gasteiger partial charge in [-0.3, -0.25) is 4.79 Å². The molecule has 0 amide bonds. The molecule has 0 saturated carbocycles. The Morgan fingerprint density at radius 1 is 1.43 bits per heavy atom. The summed E-state index contributed by atoms with van der Waals surface area (Å²) in [5.74, 6) is -0.763. The number of hydrogen-bond acceptors (Lipinski definition) is 3. The van der Waals surface area contributed by atoms with E-state index in [0.29, 0.717) is 6.42 Å². The minimum Gasteiger partial charge on any atom is -0.480 e. The Labute approximate surface area is 127 Å². The highest BCUT2D eigenvalue weighted by Crippen LogP contribution is 2.27. The summed E-state index contributed by atoms with van der Waals surface area (Å²) < 4.78 is 0. The van der Waals surface area contributed by atoms with Crippen molar-refractivity contribution in [3.63, 3.8) is 0 Å². The van der Waals surface area contributed by atoms with Gasteiger partial charge in [-0.1, -0.05) is 25.1 Å². The third-order valence-electron chi connectivity index (χ3n) is 4.33. The predicted molar refractivity (Wildman–Crippen MR) is 85.9 cm³/mol. The van der Waals surface area contributed by atoms with Crippen molar-refractivity contribution in [3.8, 4) is 0 Å². The number of nitrogens with zero attached hydrogens (tertiary/aromatic N) is 1. The van der Waals surface area contributed by atoms with Crippen LogP contribution in [0.1, 0.15) is 38.7 Å². The van der Waals surface area contributed by atoms with Crippen LogP contribution in [-0.4, -0.2) is 36.2 Å². The van der Waals surface area contributed by atoms with E-state index in [1.54, 1.807) is 6.92 Å². The number of aliphatic carboxylic acids is 1. The van der Waals surface area contributed by atoms with Crippen LogP contribution in [-0.2, 0) is 11.2 Å². The summed E-state index contributed by atoms with van der Waals surface area (Å²) in [7, 11) is 0. The molecule has 116 valence electrons. The molecule has 4 nitrogen and oxygen atoms in total. The highest BCUT2D eigenvalue weighted by atomic mass is 16.4. The van der Waals surface area contributed by atoms with Crippen molar-refractivity contribution in [3.05, 3.63) is 29.8 Å². The summed E-state index contributed by atoms with van der Waals surface area (Å²) in [4.78, 5) is 13.9. The van der Waals surface area contributed by atoms with Crippen molar-refractivity contribution in [1.82, 2.24) is 5.32 Å². The van der Waals surface area contributed by atoms with Gasteiger partial charge in [-0.2, -0.15) is 0 Å². The minimum absolute atomic E-state index is 0.608. The van der Waals surface area contributed by atoms with Gasteiger partial charge in [0.05, 0.1) is 0 Å². The molecule has 21 heavy (non-hydrogen) atoms. The molecule has 1 unspecified atom stereocenters. The van der Waals surface area contributed by atoms with Crippen LogP contribution >= 0.6 is 0 Å². The second kappa shape index (κ2) is 6.94. The first-order valence-electron chi connectivity index (χ1n) is 7.88. The van der Waals surface area contributed by atoms with Gasteiger partial charge in [0, 0.05) is 18.8 Å². The molecule has 1 aromatic rings. The van der Waals surface area contributed by atoms with Crippen LogP contribution < -0.4 is 10.2 Å². The lowest BCUT2D eigenvalue weighted by Crippen LogP contribution is -2.52. The molecule has 0 aromatic heterocycles. The molecule has 4 heteroatoms. The first kappa shape index (κ1) is 15.8. The number of aryl methyl sites for hydroxylation is 1. The highest BCUT2D eigenvalue weighted by Gasteiger charge is 2.32. The Morgan fingerprint density at radius 3 is 2.90 bits per heavy atom. The summed E-state index contributed by atoms with van der Waals surface area (Å²) in [6.07, 6.45) is 3.81. The fraction of sp³-hybridized carbons (Fsp3) is 0.588. The molecule has 0 spiro atoms. The number of hydrogen-bond donors (Lipinski definition) is 2. The molecule has 1 aliphatic rings. The van der Waals surface area contributed by atoms with E-state index in [9.17, 15) is 9.90 Å². The molecule has 1 aromatic carbocycles. The minimum atomic E-state index is -0.845. The van der Waals surface area contributed by atoms with E-state index in [4.69, 9.17) is 0 Å². The second-order valence-electron chi connectivity index (χ2n) is 6.03. The Morgan fingerprint density at radius 2 is 2.19 bits per heavy atom. The number of carbonyl (C=O) groups is 1. The first-order chi connectivity index (χ1) is 10.1. The van der Waals surface area contributed by atoms with Gasteiger partial charge in [0.1, 0.15) is 5.54 Å². The molecule has 1 heterocycles. The largest absolute Gasteiger partial charge is 0.480 e. The van der Waals surface area contributed by atoms with E-state index in [1.165, 1.54) is 11.3 Å². The number of benzene rings is 1. The zero-order valence-corrected chi connectivity index (χ0v) is 13.1. The lowest BCUT2D eigenvalue weighted by atomic mass is 9.95. The van der Waals surface area contributed by atoms with E-state index in [1.807, 2.05) is 0 Å². The van der Waals surface area contributed by atoms with Crippen LogP contribution in [0.25, 0.3) is 0 Å². The fourth-order valence-electron chi connectivity index (χ4n) is 2.87. The summed E-state index contributed by atoms with van der Waals surface area (Å²) in [6.45, 7) is 6.37. The fourth-order valence-corrected chi connectivity index (χ4v) is 2.87. The Hall–Kier alpha value is -1.55. The maximum absolute atomic E-state index is 11.6. The molecule has 0 aliphatic carbocycles. The molecule has 2 N–H and O–H groups in total. The number of para-hydroxylation sites is 1. The summed E-state index contributed by atoms with van der Waals surface area (Å²) >= 11 is 0. The standard InChI is InChI=1S/C17H26N2O2/c1-3-11-18-17(2,16(20)21)10-13-19-12-6-8-14-7-4-5-9-15(14)19/h4-5,7,9,18H,3,6,8,10-13H2,1-2H3,(H,20,21). The molecule has 0 saturated heterocycles. The number of anilines is 1. The average molecular weight is 290 g/mol. The Kier molecular flexibility index (Phi) is 5.23. The van der Waals surface area contributed by atoms with E-state index in [-0.39, 0.29) is 0 Å². The maximum Gasteiger partial charge on any atom is 0.323 e. The zero-order chi connectivity index (χ0) is 15.3. The maximum atomic E-state index is 11.6. The van der Waals surface area contributed by atoms with Gasteiger partial charge in [-0.15, -0.1) is 0 Å². The number of rotatable bonds is 7. The van der Waals surface area contributed by atoms with Gasteiger partial charge in [-0.25, -0.2) is 0 Å². The van der Waals surface area contributed by atoms with E-state index in [2.05, 4.69) is 41.4 Å². The van der Waals surface area contributed by atoms with Crippen molar-refractivity contribution in [2.45, 2.75) is 45.1 Å². The summed E-state index contributed by atoms with van der Waals surface area (Å²) in [6, 6.07) is 8.45. The summed E-state index contributed by atoms with van der Waals surface area (Å²) in [5.41, 5.74) is 1.80. The van der Waals surface area contributed by atoms with Crippen LogP contribution in [0.4, 0.5) is 5.69 Å². The zero-order valence-electron chi connectivity index (χ0n) is 13.1. The monoisotopic (exact) mass is 290 g/mol. The predicted octanol–water partition coefficient (Wildman–Crippen LogP) is 2.67. The second-order valence-corrected chi connectivity index (χ2v) is 6.03. The lowest BCUT2D eigenvalue weighted by Gasteiger charge is -2.34. The average Bonchev–Trinajstić information content (AvgIpc) is 2.50. The number of nitrogens with one attached hydrogen (secondary N) is 1. The lowest BCUT2D eigenvalue weighted by molar-refractivity contribution is -0.144. The van der Waals surface area contributed by atoms with Gasteiger partial charge in [0.2, 0.25) is 0 Å². The Balaban J connectivity index is 2.03. The molecule has 2 rings (SSSR count). The molecule has 0 bridgehead atoms. The third kappa shape index (κ3) is 3.76. The molecule has 0 radical (unpaired) electrons. The van der Waals surface area contributed by atoms with Crippen LogP contribution in [0.5, 0.6) is 0 Å². The molecular weight excluding hydrogens is 264 g/mol. The molecule has 1 atom stereocenters. The van der Waals surface area contributed by atoms with E-state index in [0.717, 1.165) is 38.9 Å². The van der Waals surface area contributed by atoms with Crippen LogP contribution in [0.15, 0.2) is 24.3 Å². The van der Waals surface area contributed by atoms with Crippen molar-refractivity contribution in [2.24, 2.45) is 0 Å². The van der Waals surface area contributed by atoms with Gasteiger partial charge in [-0.05, 0) is 50.8 Å². The normalized spacial score (nSPS) is 17.1. The molecule has 1 aliphatic heterocycles. The van der Waals surface area contributed by atoms with Crippen LogP contribution in [0.3, 0.4) is 0 Å². The SMILES string of the molecule is CCCNC(C)(CCN1CCCc2ccccc21)C(=O)O. The van der Waals surface area contributed by atoms with Crippen LogP contribution in [0.2, 0.25) is 0 Å². The summed E-state index contributed by atoms with van der Waals surface area (Å²) in [5, 5.41) is 12.7. The van der Waals surface area contributed by atoms with E-state index >= 15 is 0 Å². The smallest absolute Gasteiger partial charge is 0.323 e. The topological polar surface area (TPSA) is 52.6 Å². The highest BCUT2D eigenvalue weighted by molar-refractivity contribution is 5.78. The van der Waals surface area contributed by atoms with Crippen molar-refractivity contribution in [2.75, 3.05) is 24.5 Å². The molecular formula is C17H26N2O2. The van der Waals surface area contributed by atoms with Gasteiger partial charge in [0.15, 0.2) is 0 Å². The quantitative estimate of drug-likeness (QED) is 0.810. The Bertz CT molecular complexity index is 489. The number of carboxylic acids is 1. The third-order valence-corrected chi connectivity index (χ3v) is 4.33. The van der Waals surface area contributed by atoms with Gasteiger partial charge < -0.3 is 15.3 Å². The van der Waals surface area contributed by atoms with Gasteiger partial charge >= 0.3 is 5.97 Å². The number of fused-ring (bicyclic) bond motifs is 1. The van der Waals surface area contributed by atoms with Crippen molar-refractivity contribution in [1.29, 1.82) is 0 Å². The number of carboxylic acid groups (broad SMARTS) is 1. The van der Waals surface area contributed by atoms with Gasteiger partial charge in [0.25, 0.3) is 0 Å². The van der Waals surface area contributed by atoms with Crippen molar-refractivity contribution >= 4 is 11.7 Å². The van der Waals surface area contributed by atoms with Crippen LogP contribution in [0, 0.1) is 0 Å².